The van der Waals surface area contributed by atoms with Crippen molar-refractivity contribution in [1.82, 2.24) is 0 Å². The highest BCUT2D eigenvalue weighted by molar-refractivity contribution is 7.10. The van der Waals surface area contributed by atoms with E-state index in [0.29, 0.717) is 4.88 Å². The number of hydrogen-bond acceptors (Lipinski definition) is 4. The average Bonchev–Trinajstić information content (AvgIpc) is 2.94. The molecule has 0 amide bonds. The molecule has 1 aliphatic rings. The van der Waals surface area contributed by atoms with E-state index >= 15 is 0 Å². The van der Waals surface area contributed by atoms with E-state index in [1.807, 2.05) is 0 Å². The van der Waals surface area contributed by atoms with E-state index in [1.165, 1.54) is 17.4 Å². The summed E-state index contributed by atoms with van der Waals surface area (Å²) >= 11 is 1.27. The first kappa shape index (κ1) is 10.6. The van der Waals surface area contributed by atoms with Crippen LogP contribution in [0, 0.1) is 5.92 Å². The van der Waals surface area contributed by atoms with Gasteiger partial charge in [0.15, 0.2) is 0 Å². The van der Waals surface area contributed by atoms with Gasteiger partial charge in [-0.1, -0.05) is 0 Å². The molecule has 1 saturated carbocycles. The van der Waals surface area contributed by atoms with Crippen LogP contribution in [0.15, 0.2) is 11.4 Å². The quantitative estimate of drug-likeness (QED) is 0.716. The van der Waals surface area contributed by atoms with E-state index in [0.717, 1.165) is 12.8 Å². The number of thiophene rings is 1. The number of nitrogens with two attached hydrogens (primary N) is 1. The van der Waals surface area contributed by atoms with Gasteiger partial charge in [-0.05, 0) is 30.2 Å². The van der Waals surface area contributed by atoms with Gasteiger partial charge in [0.1, 0.15) is 5.60 Å². The largest absolute Gasteiger partial charge is 0.478 e. The lowest BCUT2D eigenvalue weighted by molar-refractivity contribution is 0.0239. The molecule has 0 saturated heterocycles. The molecule has 1 aromatic rings. The van der Waals surface area contributed by atoms with Gasteiger partial charge in [0.25, 0.3) is 0 Å². The van der Waals surface area contributed by atoms with Crippen molar-refractivity contribution in [3.05, 3.63) is 21.9 Å². The molecule has 4 nitrogen and oxygen atoms in total. The summed E-state index contributed by atoms with van der Waals surface area (Å²) < 4.78 is 0. The topological polar surface area (TPSA) is 83.5 Å². The molecule has 1 atom stereocenters. The Labute approximate surface area is 91.3 Å². The molecule has 0 spiro atoms. The fourth-order valence-corrected chi connectivity index (χ4v) is 2.90. The normalized spacial score (nSPS) is 19.9. The minimum absolute atomic E-state index is 0.0818. The van der Waals surface area contributed by atoms with E-state index < -0.39 is 11.6 Å². The molecule has 1 heterocycles. The Morgan fingerprint density at radius 2 is 2.33 bits per heavy atom. The molecule has 82 valence electrons. The van der Waals surface area contributed by atoms with Crippen LogP contribution in [0.4, 0.5) is 0 Å². The number of hydrogen-bond donors (Lipinski definition) is 3. The van der Waals surface area contributed by atoms with E-state index in [1.54, 1.807) is 5.38 Å². The summed E-state index contributed by atoms with van der Waals surface area (Å²) in [5.41, 5.74) is 4.62. The summed E-state index contributed by atoms with van der Waals surface area (Å²) in [6.45, 7) is 0.0818. The average molecular weight is 227 g/mol. The molecular formula is C10H13NO3S. The van der Waals surface area contributed by atoms with Crippen molar-refractivity contribution in [1.29, 1.82) is 0 Å². The Hall–Kier alpha value is -0.910. The van der Waals surface area contributed by atoms with Crippen molar-refractivity contribution in [3.8, 4) is 0 Å². The minimum atomic E-state index is -1.14. The summed E-state index contributed by atoms with van der Waals surface area (Å²) in [4.78, 5) is 11.4. The van der Waals surface area contributed by atoms with Crippen LogP contribution < -0.4 is 5.73 Å². The Morgan fingerprint density at radius 1 is 1.67 bits per heavy atom. The minimum Gasteiger partial charge on any atom is -0.478 e. The lowest BCUT2D eigenvalue weighted by Crippen LogP contribution is -2.37. The third-order valence-corrected chi connectivity index (χ3v) is 3.93. The van der Waals surface area contributed by atoms with Gasteiger partial charge in [-0.3, -0.25) is 0 Å². The molecule has 0 bridgehead atoms. The molecule has 0 aliphatic heterocycles. The molecule has 1 unspecified atom stereocenters. The van der Waals surface area contributed by atoms with E-state index in [4.69, 9.17) is 10.8 Å². The fourth-order valence-electron chi connectivity index (χ4n) is 1.82. The number of carbonyl (C=O) groups is 1. The van der Waals surface area contributed by atoms with Crippen LogP contribution >= 0.6 is 11.3 Å². The maximum atomic E-state index is 10.9. The Morgan fingerprint density at radius 3 is 2.80 bits per heavy atom. The van der Waals surface area contributed by atoms with Crippen LogP contribution in [0.2, 0.25) is 0 Å². The van der Waals surface area contributed by atoms with Crippen LogP contribution in [-0.4, -0.2) is 22.7 Å². The van der Waals surface area contributed by atoms with Gasteiger partial charge < -0.3 is 15.9 Å². The first-order valence-corrected chi connectivity index (χ1v) is 5.71. The maximum absolute atomic E-state index is 10.9. The Kier molecular flexibility index (Phi) is 2.54. The molecule has 15 heavy (non-hydrogen) atoms. The van der Waals surface area contributed by atoms with E-state index in [-0.39, 0.29) is 18.0 Å². The standard InChI is InChI=1S/C10H13NO3S/c11-5-10(14,6-1-2-6)8-7(9(12)13)3-4-15-8/h3-4,6,14H,1-2,5,11H2,(H,12,13). The summed E-state index contributed by atoms with van der Waals surface area (Å²) in [6, 6.07) is 1.52. The third kappa shape index (κ3) is 1.67. The predicted molar refractivity (Wildman–Crippen MR) is 57.0 cm³/mol. The smallest absolute Gasteiger partial charge is 0.336 e. The van der Waals surface area contributed by atoms with Gasteiger partial charge in [0.05, 0.1) is 10.4 Å². The SMILES string of the molecule is NCC(O)(c1sccc1C(=O)O)C1CC1. The highest BCUT2D eigenvalue weighted by Gasteiger charge is 2.46. The fraction of sp³-hybridized carbons (Fsp3) is 0.500. The van der Waals surface area contributed by atoms with Crippen molar-refractivity contribution in [2.75, 3.05) is 6.54 Å². The van der Waals surface area contributed by atoms with Crippen molar-refractivity contribution in [3.63, 3.8) is 0 Å². The number of rotatable bonds is 4. The molecule has 0 aromatic carbocycles. The van der Waals surface area contributed by atoms with E-state index in [9.17, 15) is 9.90 Å². The molecule has 5 heteroatoms. The maximum Gasteiger partial charge on any atom is 0.336 e. The predicted octanol–water partition coefficient (Wildman–Crippen LogP) is 1.00. The number of carboxylic acid groups (broad SMARTS) is 1. The monoisotopic (exact) mass is 227 g/mol. The zero-order chi connectivity index (χ0) is 11.1. The first-order valence-electron chi connectivity index (χ1n) is 4.83. The zero-order valence-electron chi connectivity index (χ0n) is 8.14. The van der Waals surface area contributed by atoms with Gasteiger partial charge in [0.2, 0.25) is 0 Å². The lowest BCUT2D eigenvalue weighted by atomic mass is 9.93. The zero-order valence-corrected chi connectivity index (χ0v) is 8.96. The second-order valence-corrected chi connectivity index (χ2v) is 4.79. The second-order valence-electron chi connectivity index (χ2n) is 3.87. The number of aromatic carboxylic acids is 1. The third-order valence-electron chi connectivity index (χ3n) is 2.85. The summed E-state index contributed by atoms with van der Waals surface area (Å²) in [5, 5.41) is 21.0. The van der Waals surface area contributed by atoms with Crippen LogP contribution in [0.25, 0.3) is 0 Å². The van der Waals surface area contributed by atoms with Gasteiger partial charge in [0, 0.05) is 6.54 Å². The van der Waals surface area contributed by atoms with Gasteiger partial charge in [-0.2, -0.15) is 0 Å². The van der Waals surface area contributed by atoms with Crippen molar-refractivity contribution in [2.45, 2.75) is 18.4 Å². The molecule has 1 aromatic heterocycles. The Bertz CT molecular complexity index is 386. The van der Waals surface area contributed by atoms with Crippen LogP contribution in [0.3, 0.4) is 0 Å². The number of carboxylic acids is 1. The van der Waals surface area contributed by atoms with Gasteiger partial charge in [-0.25, -0.2) is 4.79 Å². The summed E-state index contributed by atoms with van der Waals surface area (Å²) in [6.07, 6.45) is 1.84. The molecule has 4 N–H and O–H groups in total. The van der Waals surface area contributed by atoms with Crippen molar-refractivity contribution in [2.24, 2.45) is 11.7 Å². The van der Waals surface area contributed by atoms with Crippen LogP contribution in [0.1, 0.15) is 28.1 Å². The van der Waals surface area contributed by atoms with Crippen LogP contribution in [0.5, 0.6) is 0 Å². The lowest BCUT2D eigenvalue weighted by Gasteiger charge is -2.25. The highest BCUT2D eigenvalue weighted by atomic mass is 32.1. The molecular weight excluding hydrogens is 214 g/mol. The first-order chi connectivity index (χ1) is 7.09. The van der Waals surface area contributed by atoms with Crippen molar-refractivity contribution >= 4 is 17.3 Å². The molecule has 2 rings (SSSR count). The molecule has 1 fully saturated rings. The van der Waals surface area contributed by atoms with Crippen molar-refractivity contribution < 1.29 is 15.0 Å². The summed E-state index contributed by atoms with van der Waals surface area (Å²) in [5.74, 6) is -0.877. The number of aliphatic hydroxyl groups is 1. The summed E-state index contributed by atoms with van der Waals surface area (Å²) in [7, 11) is 0. The Balaban J connectivity index is 2.41. The highest BCUT2D eigenvalue weighted by Crippen LogP contribution is 2.47. The molecule has 0 radical (unpaired) electrons. The molecule has 1 aliphatic carbocycles. The van der Waals surface area contributed by atoms with E-state index in [2.05, 4.69) is 0 Å². The van der Waals surface area contributed by atoms with Crippen LogP contribution in [-0.2, 0) is 5.60 Å². The second kappa shape index (κ2) is 3.59. The van der Waals surface area contributed by atoms with Gasteiger partial charge >= 0.3 is 5.97 Å². The van der Waals surface area contributed by atoms with Gasteiger partial charge in [-0.15, -0.1) is 11.3 Å².